The van der Waals surface area contributed by atoms with Crippen molar-refractivity contribution in [2.75, 3.05) is 26.3 Å². The van der Waals surface area contributed by atoms with Crippen LogP contribution in [0.1, 0.15) is 24.3 Å². The number of amides is 2. The number of benzene rings is 1. The van der Waals surface area contributed by atoms with Crippen LogP contribution >= 0.6 is 0 Å². The molecular weight excluding hydrogens is 370 g/mol. The molecule has 2 saturated heterocycles. The van der Waals surface area contributed by atoms with Crippen molar-refractivity contribution >= 4 is 11.8 Å². The predicted molar refractivity (Wildman–Crippen MR) is 105 cm³/mol. The normalized spacial score (nSPS) is 25.8. The highest BCUT2D eigenvalue weighted by Crippen LogP contribution is 2.42. The molecule has 0 unspecified atom stereocenters. The van der Waals surface area contributed by atoms with Crippen molar-refractivity contribution in [1.29, 1.82) is 0 Å². The van der Waals surface area contributed by atoms with Crippen LogP contribution in [0, 0.1) is 18.3 Å². The van der Waals surface area contributed by atoms with Crippen LogP contribution in [-0.2, 0) is 20.7 Å². The minimum Gasteiger partial charge on any atom is -0.441 e. The van der Waals surface area contributed by atoms with Crippen molar-refractivity contribution in [1.82, 2.24) is 15.2 Å². The molecule has 0 spiro atoms. The van der Waals surface area contributed by atoms with Gasteiger partial charge in [-0.2, -0.15) is 0 Å². The molecule has 1 aromatic heterocycles. The predicted octanol–water partition coefficient (Wildman–Crippen LogP) is 1.95. The molecular formula is C22H25N3O4. The lowest BCUT2D eigenvalue weighted by Gasteiger charge is -2.25. The number of nitrogens with one attached hydrogen (secondary N) is 1. The van der Waals surface area contributed by atoms with E-state index in [0.717, 1.165) is 18.4 Å². The number of aryl methyl sites for hydroxylation is 1. The van der Waals surface area contributed by atoms with Crippen molar-refractivity contribution in [3.63, 3.8) is 0 Å². The highest BCUT2D eigenvalue weighted by Gasteiger charge is 2.57. The fourth-order valence-corrected chi connectivity index (χ4v) is 4.35. The summed E-state index contributed by atoms with van der Waals surface area (Å²) in [4.78, 5) is 32.2. The fourth-order valence-electron chi connectivity index (χ4n) is 4.35. The summed E-state index contributed by atoms with van der Waals surface area (Å²) in [6.45, 7) is 3.72. The average molecular weight is 395 g/mol. The van der Waals surface area contributed by atoms with E-state index in [1.54, 1.807) is 4.90 Å². The lowest BCUT2D eigenvalue weighted by atomic mass is 9.80. The zero-order chi connectivity index (χ0) is 20.0. The van der Waals surface area contributed by atoms with Crippen LogP contribution in [0.15, 0.2) is 34.7 Å². The van der Waals surface area contributed by atoms with E-state index in [-0.39, 0.29) is 24.2 Å². The molecule has 2 atom stereocenters. The van der Waals surface area contributed by atoms with E-state index in [4.69, 9.17) is 9.15 Å². The Morgan fingerprint density at radius 2 is 2.07 bits per heavy atom. The molecule has 2 aromatic rings. The quantitative estimate of drug-likeness (QED) is 0.836. The Morgan fingerprint density at radius 1 is 1.28 bits per heavy atom. The van der Waals surface area contributed by atoms with Gasteiger partial charge in [0.2, 0.25) is 17.7 Å². The van der Waals surface area contributed by atoms with Crippen molar-refractivity contribution in [3.05, 3.63) is 41.8 Å². The van der Waals surface area contributed by atoms with Crippen LogP contribution < -0.4 is 5.32 Å². The van der Waals surface area contributed by atoms with Gasteiger partial charge < -0.3 is 19.4 Å². The Labute approximate surface area is 169 Å². The van der Waals surface area contributed by atoms with Crippen LogP contribution in [0.25, 0.3) is 11.5 Å². The summed E-state index contributed by atoms with van der Waals surface area (Å²) < 4.78 is 11.4. The van der Waals surface area contributed by atoms with Gasteiger partial charge in [0.25, 0.3) is 0 Å². The van der Waals surface area contributed by atoms with Gasteiger partial charge in [-0.3, -0.25) is 9.59 Å². The average Bonchev–Trinajstić information content (AvgIpc) is 3.15. The fraction of sp³-hybridized carbons (Fsp3) is 0.500. The highest BCUT2D eigenvalue weighted by molar-refractivity contribution is 5.87. The van der Waals surface area contributed by atoms with Crippen LogP contribution in [-0.4, -0.2) is 54.0 Å². The molecule has 1 aliphatic carbocycles. The molecule has 2 aliphatic heterocycles. The first kappa shape index (κ1) is 18.4. The van der Waals surface area contributed by atoms with Gasteiger partial charge in [-0.1, -0.05) is 18.2 Å². The Hall–Kier alpha value is -2.67. The third kappa shape index (κ3) is 3.33. The number of aromatic nitrogens is 1. The topological polar surface area (TPSA) is 84.7 Å². The second-order valence-corrected chi connectivity index (χ2v) is 8.45. The van der Waals surface area contributed by atoms with Gasteiger partial charge >= 0.3 is 0 Å². The summed E-state index contributed by atoms with van der Waals surface area (Å²) in [6.07, 6.45) is 2.27. The first-order valence-corrected chi connectivity index (χ1v) is 10.2. The van der Waals surface area contributed by atoms with Crippen molar-refractivity contribution in [3.8, 4) is 11.5 Å². The lowest BCUT2D eigenvalue weighted by Crippen LogP contribution is -2.47. The van der Waals surface area contributed by atoms with Gasteiger partial charge in [0.05, 0.1) is 30.7 Å². The van der Waals surface area contributed by atoms with Gasteiger partial charge in [-0.05, 0) is 31.9 Å². The standard InChI is InChI=1S/C22H25N3O4/c1-14-18(24-20(29-14)15-5-3-2-4-6-15)9-19(26)25-10-16-11-28-13-22(16,12-25)21(27)23-17-7-8-17/h2-6,16-17H,7-13H2,1H3,(H,23,27)/t16-,22-/m0/s1. The zero-order valence-corrected chi connectivity index (χ0v) is 16.5. The lowest BCUT2D eigenvalue weighted by molar-refractivity contribution is -0.134. The van der Waals surface area contributed by atoms with Crippen LogP contribution in [0.5, 0.6) is 0 Å². The highest BCUT2D eigenvalue weighted by atomic mass is 16.5. The molecule has 7 heteroatoms. The monoisotopic (exact) mass is 395 g/mol. The Balaban J connectivity index is 1.29. The van der Waals surface area contributed by atoms with Gasteiger partial charge in [-0.25, -0.2) is 4.98 Å². The summed E-state index contributed by atoms with van der Waals surface area (Å²) in [7, 11) is 0. The maximum atomic E-state index is 13.0. The van der Waals surface area contributed by atoms with Crippen molar-refractivity contribution < 1.29 is 18.7 Å². The maximum Gasteiger partial charge on any atom is 0.231 e. The van der Waals surface area contributed by atoms with Gasteiger partial charge in [-0.15, -0.1) is 0 Å². The summed E-state index contributed by atoms with van der Waals surface area (Å²) in [5.74, 6) is 1.26. The third-order valence-corrected chi connectivity index (χ3v) is 6.32. The number of hydrogen-bond acceptors (Lipinski definition) is 5. The molecule has 1 aromatic carbocycles. The summed E-state index contributed by atoms with van der Waals surface area (Å²) in [5.41, 5.74) is 0.934. The molecule has 0 radical (unpaired) electrons. The van der Waals surface area contributed by atoms with E-state index in [1.165, 1.54) is 0 Å². The smallest absolute Gasteiger partial charge is 0.231 e. The molecule has 1 saturated carbocycles. The van der Waals surface area contributed by atoms with Crippen LogP contribution in [0.4, 0.5) is 0 Å². The van der Waals surface area contributed by atoms with E-state index >= 15 is 0 Å². The van der Waals surface area contributed by atoms with E-state index in [2.05, 4.69) is 10.3 Å². The van der Waals surface area contributed by atoms with Gasteiger partial charge in [0, 0.05) is 30.6 Å². The molecule has 7 nitrogen and oxygen atoms in total. The van der Waals surface area contributed by atoms with E-state index in [0.29, 0.717) is 49.7 Å². The number of ether oxygens (including phenoxy) is 1. The molecule has 3 heterocycles. The molecule has 152 valence electrons. The van der Waals surface area contributed by atoms with Crippen LogP contribution in [0.3, 0.4) is 0 Å². The Kier molecular flexibility index (Phi) is 4.42. The van der Waals surface area contributed by atoms with Gasteiger partial charge in [0.15, 0.2) is 0 Å². The largest absolute Gasteiger partial charge is 0.441 e. The van der Waals surface area contributed by atoms with Gasteiger partial charge in [0.1, 0.15) is 5.76 Å². The number of rotatable bonds is 5. The van der Waals surface area contributed by atoms with E-state index in [1.807, 2.05) is 37.3 Å². The first-order valence-electron chi connectivity index (χ1n) is 10.2. The third-order valence-electron chi connectivity index (χ3n) is 6.32. The molecule has 1 N–H and O–H groups in total. The number of fused-ring (bicyclic) bond motifs is 1. The minimum absolute atomic E-state index is 0.0194. The molecule has 3 aliphatic rings. The number of hydrogen-bond donors (Lipinski definition) is 1. The zero-order valence-electron chi connectivity index (χ0n) is 16.5. The molecule has 29 heavy (non-hydrogen) atoms. The molecule has 2 amide bonds. The molecule has 3 fully saturated rings. The Bertz CT molecular complexity index is 937. The second-order valence-electron chi connectivity index (χ2n) is 8.45. The van der Waals surface area contributed by atoms with Crippen LogP contribution in [0.2, 0.25) is 0 Å². The maximum absolute atomic E-state index is 13.0. The molecule has 0 bridgehead atoms. The Morgan fingerprint density at radius 3 is 2.83 bits per heavy atom. The minimum atomic E-state index is -0.605. The SMILES string of the molecule is Cc1oc(-c2ccccc2)nc1CC(=O)N1C[C@H]2COC[C@@]2(C(=O)NC2CC2)C1. The summed E-state index contributed by atoms with van der Waals surface area (Å²) in [5, 5.41) is 3.11. The number of likely N-dealkylation sites (tertiary alicyclic amines) is 1. The number of carbonyl (C=O) groups excluding carboxylic acids is 2. The second kappa shape index (κ2) is 6.99. The van der Waals surface area contributed by atoms with E-state index in [9.17, 15) is 9.59 Å². The summed E-state index contributed by atoms with van der Waals surface area (Å²) in [6, 6.07) is 9.96. The molecule has 5 rings (SSSR count). The summed E-state index contributed by atoms with van der Waals surface area (Å²) >= 11 is 0. The number of oxazole rings is 1. The number of nitrogens with zero attached hydrogens (tertiary/aromatic N) is 2. The number of carbonyl (C=O) groups is 2. The first-order chi connectivity index (χ1) is 14.0. The van der Waals surface area contributed by atoms with Crippen molar-refractivity contribution in [2.24, 2.45) is 11.3 Å². The van der Waals surface area contributed by atoms with Crippen molar-refractivity contribution in [2.45, 2.75) is 32.2 Å². The van der Waals surface area contributed by atoms with E-state index < -0.39 is 5.41 Å².